The Balaban J connectivity index is 1.98. The van der Waals surface area contributed by atoms with Gasteiger partial charge >= 0.3 is 0 Å². The predicted molar refractivity (Wildman–Crippen MR) is 90.3 cm³/mol. The van der Waals surface area contributed by atoms with Crippen molar-refractivity contribution in [1.82, 2.24) is 9.97 Å². The highest BCUT2D eigenvalue weighted by atomic mass is 16.5. The lowest BCUT2D eigenvalue weighted by molar-refractivity contribution is 0.284. The van der Waals surface area contributed by atoms with Crippen molar-refractivity contribution in [3.63, 3.8) is 0 Å². The molecule has 0 fully saturated rings. The number of H-pyrrole nitrogens is 1. The number of aromatic amines is 1. The molecular weight excluding hydrogens is 292 g/mol. The van der Waals surface area contributed by atoms with Crippen molar-refractivity contribution < 1.29 is 14.6 Å². The normalized spacial score (nSPS) is 10.8. The number of methoxy groups -OCH3 is 2. The molecule has 0 aliphatic heterocycles. The number of hydrogen-bond acceptors (Lipinski definition) is 4. The summed E-state index contributed by atoms with van der Waals surface area (Å²) in [5, 5.41) is 8.84. The van der Waals surface area contributed by atoms with Crippen LogP contribution in [0.1, 0.15) is 35.6 Å². The van der Waals surface area contributed by atoms with Gasteiger partial charge in [-0.2, -0.15) is 0 Å². The summed E-state index contributed by atoms with van der Waals surface area (Å²) in [6.45, 7) is 2.30. The molecule has 2 N–H and O–H groups in total. The molecule has 5 heteroatoms. The van der Waals surface area contributed by atoms with Crippen LogP contribution >= 0.6 is 0 Å². The number of hydrogen-bond donors (Lipinski definition) is 2. The van der Waals surface area contributed by atoms with E-state index < -0.39 is 0 Å². The average molecular weight is 318 g/mol. The van der Waals surface area contributed by atoms with E-state index in [4.69, 9.17) is 14.6 Å². The average Bonchev–Trinajstić information content (AvgIpc) is 2.92. The molecule has 0 atom stereocenters. The van der Waals surface area contributed by atoms with E-state index in [1.54, 1.807) is 14.2 Å². The first-order valence-corrected chi connectivity index (χ1v) is 8.04. The fourth-order valence-corrected chi connectivity index (χ4v) is 2.63. The van der Waals surface area contributed by atoms with Gasteiger partial charge in [0.25, 0.3) is 0 Å². The molecule has 1 aromatic heterocycles. The van der Waals surface area contributed by atoms with Crippen molar-refractivity contribution >= 4 is 0 Å². The Morgan fingerprint density at radius 3 is 2.52 bits per heavy atom. The smallest absolute Gasteiger partial charge is 0.160 e. The Morgan fingerprint density at radius 2 is 1.83 bits per heavy atom. The minimum Gasteiger partial charge on any atom is -0.493 e. The molecule has 0 spiro atoms. The Morgan fingerprint density at radius 1 is 1.04 bits per heavy atom. The van der Waals surface area contributed by atoms with Crippen LogP contribution in [0.2, 0.25) is 0 Å². The van der Waals surface area contributed by atoms with Gasteiger partial charge in [0.2, 0.25) is 0 Å². The maximum atomic E-state index is 8.84. The van der Waals surface area contributed by atoms with Gasteiger partial charge in [-0.3, -0.25) is 0 Å². The molecule has 0 saturated heterocycles. The van der Waals surface area contributed by atoms with E-state index in [2.05, 4.69) is 23.0 Å². The van der Waals surface area contributed by atoms with Crippen LogP contribution in [-0.2, 0) is 19.3 Å². The summed E-state index contributed by atoms with van der Waals surface area (Å²) in [6.07, 6.45) is 4.46. The van der Waals surface area contributed by atoms with Crippen molar-refractivity contribution in [3.05, 3.63) is 41.0 Å². The number of aromatic nitrogens is 2. The number of unbranched alkanes of at least 4 members (excludes halogenated alkanes) is 1. The predicted octanol–water partition coefficient (Wildman–Crippen LogP) is 2.84. The molecule has 2 rings (SSSR count). The summed E-state index contributed by atoms with van der Waals surface area (Å²) in [6, 6.07) is 6.01. The van der Waals surface area contributed by atoms with Gasteiger partial charge in [0.1, 0.15) is 5.82 Å². The maximum absolute atomic E-state index is 8.84. The van der Waals surface area contributed by atoms with Crippen LogP contribution in [0.25, 0.3) is 0 Å². The van der Waals surface area contributed by atoms with Crippen LogP contribution < -0.4 is 9.47 Å². The minimum atomic E-state index is 0.242. The third-order valence-electron chi connectivity index (χ3n) is 3.95. The maximum Gasteiger partial charge on any atom is 0.160 e. The Kier molecular flexibility index (Phi) is 6.47. The van der Waals surface area contributed by atoms with Gasteiger partial charge in [0.05, 0.1) is 19.9 Å². The summed E-state index contributed by atoms with van der Waals surface area (Å²) in [4.78, 5) is 8.02. The Labute approximate surface area is 137 Å². The summed E-state index contributed by atoms with van der Waals surface area (Å²) in [7, 11) is 3.29. The molecule has 0 aliphatic rings. The molecule has 0 aliphatic carbocycles. The van der Waals surface area contributed by atoms with E-state index in [1.807, 2.05) is 12.1 Å². The molecule has 0 unspecified atom stereocenters. The van der Waals surface area contributed by atoms with Crippen molar-refractivity contribution in [2.75, 3.05) is 20.8 Å². The van der Waals surface area contributed by atoms with Gasteiger partial charge < -0.3 is 19.6 Å². The molecule has 0 amide bonds. The van der Waals surface area contributed by atoms with Gasteiger partial charge in [-0.1, -0.05) is 6.07 Å². The number of nitrogens with zero attached hydrogens (tertiary/aromatic N) is 1. The Bertz CT molecular complexity index is 623. The largest absolute Gasteiger partial charge is 0.493 e. The van der Waals surface area contributed by atoms with Gasteiger partial charge in [0.15, 0.2) is 11.5 Å². The highest BCUT2D eigenvalue weighted by Gasteiger charge is 2.09. The van der Waals surface area contributed by atoms with Crippen molar-refractivity contribution in [2.45, 2.75) is 39.0 Å². The van der Waals surface area contributed by atoms with Crippen LogP contribution in [0.3, 0.4) is 0 Å². The monoisotopic (exact) mass is 318 g/mol. The fraction of sp³-hybridized carbons (Fsp3) is 0.500. The molecule has 2 aromatic rings. The number of nitrogens with one attached hydrogen (secondary N) is 1. The summed E-state index contributed by atoms with van der Waals surface area (Å²) >= 11 is 0. The van der Waals surface area contributed by atoms with E-state index in [-0.39, 0.29) is 6.61 Å². The number of aryl methyl sites for hydroxylation is 4. The highest BCUT2D eigenvalue weighted by molar-refractivity contribution is 5.43. The first kappa shape index (κ1) is 17.3. The molecule has 1 heterocycles. The van der Waals surface area contributed by atoms with E-state index in [9.17, 15) is 0 Å². The van der Waals surface area contributed by atoms with Gasteiger partial charge in [-0.15, -0.1) is 0 Å². The third kappa shape index (κ3) is 4.73. The zero-order chi connectivity index (χ0) is 16.7. The third-order valence-corrected chi connectivity index (χ3v) is 3.95. The van der Waals surface area contributed by atoms with Crippen LogP contribution in [0.5, 0.6) is 11.5 Å². The lowest BCUT2D eigenvalue weighted by Gasteiger charge is -2.09. The Hall–Kier alpha value is -2.01. The molecule has 0 bridgehead atoms. The van der Waals surface area contributed by atoms with Crippen molar-refractivity contribution in [3.8, 4) is 11.5 Å². The van der Waals surface area contributed by atoms with Crippen molar-refractivity contribution in [2.24, 2.45) is 0 Å². The zero-order valence-corrected chi connectivity index (χ0v) is 14.2. The molecular formula is C18H26N2O3. The number of aliphatic hydroxyl groups is 1. The fourth-order valence-electron chi connectivity index (χ4n) is 2.63. The van der Waals surface area contributed by atoms with Crippen LogP contribution in [0.15, 0.2) is 18.2 Å². The first-order chi connectivity index (χ1) is 11.2. The lowest BCUT2D eigenvalue weighted by atomic mass is 10.1. The van der Waals surface area contributed by atoms with Crippen LogP contribution in [0.4, 0.5) is 0 Å². The quantitative estimate of drug-likeness (QED) is 0.698. The molecule has 0 radical (unpaired) electrons. The number of aliphatic hydroxyl groups excluding tert-OH is 1. The number of ether oxygens (including phenoxy) is 2. The topological polar surface area (TPSA) is 67.4 Å². The van der Waals surface area contributed by atoms with E-state index in [0.29, 0.717) is 0 Å². The molecule has 1 aromatic carbocycles. The second-order valence-corrected chi connectivity index (χ2v) is 5.63. The molecule has 23 heavy (non-hydrogen) atoms. The lowest BCUT2D eigenvalue weighted by Crippen LogP contribution is -1.97. The van der Waals surface area contributed by atoms with Gasteiger partial charge in [0, 0.05) is 18.7 Å². The van der Waals surface area contributed by atoms with Crippen molar-refractivity contribution in [1.29, 1.82) is 0 Å². The second kappa shape index (κ2) is 8.58. The SMILES string of the molecule is COc1ccc(CCc2nc(CCCCO)[nH]c2C)cc1OC. The summed E-state index contributed by atoms with van der Waals surface area (Å²) < 4.78 is 10.6. The zero-order valence-electron chi connectivity index (χ0n) is 14.2. The van der Waals surface area contributed by atoms with Gasteiger partial charge in [-0.05, 0) is 50.3 Å². The van der Waals surface area contributed by atoms with Gasteiger partial charge in [-0.25, -0.2) is 4.98 Å². The minimum absolute atomic E-state index is 0.242. The number of rotatable bonds is 9. The van der Waals surface area contributed by atoms with E-state index in [0.717, 1.165) is 60.8 Å². The molecule has 126 valence electrons. The molecule has 5 nitrogen and oxygen atoms in total. The highest BCUT2D eigenvalue weighted by Crippen LogP contribution is 2.28. The number of imidazole rings is 1. The summed E-state index contributed by atoms with van der Waals surface area (Å²) in [5.74, 6) is 2.52. The summed E-state index contributed by atoms with van der Waals surface area (Å²) in [5.41, 5.74) is 3.44. The standard InChI is InChI=1S/C18H26N2O3/c1-13-15(20-18(19-13)6-4-5-11-21)9-7-14-8-10-16(22-2)17(12-14)23-3/h8,10,12,21H,4-7,9,11H2,1-3H3,(H,19,20). The van der Waals surface area contributed by atoms with Crippen LogP contribution in [-0.4, -0.2) is 35.9 Å². The number of benzene rings is 1. The van der Waals surface area contributed by atoms with E-state index in [1.165, 1.54) is 5.56 Å². The first-order valence-electron chi connectivity index (χ1n) is 8.04. The second-order valence-electron chi connectivity index (χ2n) is 5.63. The van der Waals surface area contributed by atoms with Crippen LogP contribution in [0, 0.1) is 6.92 Å². The molecule has 0 saturated carbocycles. The van der Waals surface area contributed by atoms with E-state index >= 15 is 0 Å².